The van der Waals surface area contributed by atoms with E-state index in [0.717, 1.165) is 38.4 Å². The van der Waals surface area contributed by atoms with Crippen LogP contribution >= 0.6 is 11.6 Å². The van der Waals surface area contributed by atoms with Crippen molar-refractivity contribution in [1.29, 1.82) is 0 Å². The third-order valence-corrected chi connectivity index (χ3v) is 4.99. The molecule has 1 fully saturated rings. The van der Waals surface area contributed by atoms with Crippen LogP contribution < -0.4 is 14.8 Å². The van der Waals surface area contributed by atoms with Crippen molar-refractivity contribution in [2.45, 2.75) is 6.54 Å². The molecule has 0 saturated carbocycles. The fourth-order valence-corrected chi connectivity index (χ4v) is 3.41. The minimum absolute atomic E-state index is 0.0964. The van der Waals surface area contributed by atoms with E-state index in [1.807, 2.05) is 24.4 Å². The second-order valence-corrected chi connectivity index (χ2v) is 7.02. The summed E-state index contributed by atoms with van der Waals surface area (Å²) >= 11 is 6.11. The largest absolute Gasteiger partial charge is 0.495 e. The van der Waals surface area contributed by atoms with Gasteiger partial charge < -0.3 is 14.8 Å². The number of aromatic nitrogens is 1. The Labute approximate surface area is 170 Å². The lowest BCUT2D eigenvalue weighted by Crippen LogP contribution is -2.48. The number of halogens is 1. The van der Waals surface area contributed by atoms with Crippen LogP contribution in [0.15, 0.2) is 36.5 Å². The maximum absolute atomic E-state index is 12.5. The Morgan fingerprint density at radius 2 is 1.82 bits per heavy atom. The van der Waals surface area contributed by atoms with Crippen LogP contribution in [0.3, 0.4) is 0 Å². The maximum atomic E-state index is 12.5. The summed E-state index contributed by atoms with van der Waals surface area (Å²) in [5.74, 6) is 0.890. The molecule has 0 atom stereocenters. The van der Waals surface area contributed by atoms with Gasteiger partial charge in [-0.05, 0) is 12.1 Å². The molecule has 8 heteroatoms. The van der Waals surface area contributed by atoms with Crippen molar-refractivity contribution in [1.82, 2.24) is 14.8 Å². The molecule has 1 aliphatic heterocycles. The molecule has 1 N–H and O–H groups in total. The van der Waals surface area contributed by atoms with Gasteiger partial charge in [-0.15, -0.1) is 0 Å². The Balaban J connectivity index is 1.51. The summed E-state index contributed by atoms with van der Waals surface area (Å²) in [6, 6.07) is 9.26. The summed E-state index contributed by atoms with van der Waals surface area (Å²) in [5.41, 5.74) is 1.61. The van der Waals surface area contributed by atoms with Crippen LogP contribution in [-0.4, -0.2) is 67.6 Å². The zero-order valence-electron chi connectivity index (χ0n) is 16.2. The number of pyridine rings is 1. The first-order chi connectivity index (χ1) is 13.6. The highest BCUT2D eigenvalue weighted by Gasteiger charge is 2.20. The monoisotopic (exact) mass is 404 g/mol. The molecular weight excluding hydrogens is 380 g/mol. The third kappa shape index (κ3) is 5.34. The lowest BCUT2D eigenvalue weighted by molar-refractivity contribution is -0.117. The molecule has 150 valence electrons. The summed E-state index contributed by atoms with van der Waals surface area (Å²) in [5, 5.41) is 3.33. The van der Waals surface area contributed by atoms with Gasteiger partial charge in [0.15, 0.2) is 0 Å². The molecular formula is C20H25ClN4O3. The van der Waals surface area contributed by atoms with Crippen molar-refractivity contribution in [2.75, 3.05) is 52.3 Å². The van der Waals surface area contributed by atoms with E-state index in [1.165, 1.54) is 14.2 Å². The quantitative estimate of drug-likeness (QED) is 0.764. The molecule has 1 aromatic carbocycles. The lowest BCUT2D eigenvalue weighted by atomic mass is 10.2. The third-order valence-electron chi connectivity index (χ3n) is 4.69. The molecule has 0 spiro atoms. The fraction of sp³-hybridized carbons (Fsp3) is 0.400. The van der Waals surface area contributed by atoms with E-state index in [1.54, 1.807) is 12.1 Å². The molecule has 1 aliphatic rings. The minimum Gasteiger partial charge on any atom is -0.495 e. The highest BCUT2D eigenvalue weighted by Crippen LogP contribution is 2.35. The van der Waals surface area contributed by atoms with E-state index in [4.69, 9.17) is 21.1 Å². The van der Waals surface area contributed by atoms with E-state index in [9.17, 15) is 4.79 Å². The number of anilines is 1. The van der Waals surface area contributed by atoms with Gasteiger partial charge in [-0.25, -0.2) is 0 Å². The molecule has 28 heavy (non-hydrogen) atoms. The summed E-state index contributed by atoms with van der Waals surface area (Å²) < 4.78 is 10.5. The zero-order chi connectivity index (χ0) is 19.9. The average Bonchev–Trinajstić information content (AvgIpc) is 2.71. The molecule has 2 heterocycles. The second-order valence-electron chi connectivity index (χ2n) is 6.61. The van der Waals surface area contributed by atoms with Crippen molar-refractivity contribution >= 4 is 23.2 Å². The van der Waals surface area contributed by atoms with Gasteiger partial charge in [0.25, 0.3) is 0 Å². The molecule has 0 aliphatic carbocycles. The van der Waals surface area contributed by atoms with Gasteiger partial charge in [0.1, 0.15) is 11.5 Å². The molecule has 1 saturated heterocycles. The van der Waals surface area contributed by atoms with Crippen molar-refractivity contribution in [2.24, 2.45) is 0 Å². The summed E-state index contributed by atoms with van der Waals surface area (Å²) in [6.07, 6.45) is 1.82. The Bertz CT molecular complexity index is 796. The highest BCUT2D eigenvalue weighted by atomic mass is 35.5. The van der Waals surface area contributed by atoms with Crippen molar-refractivity contribution < 1.29 is 14.3 Å². The highest BCUT2D eigenvalue weighted by molar-refractivity contribution is 6.32. The number of amides is 1. The van der Waals surface area contributed by atoms with Gasteiger partial charge in [0.2, 0.25) is 5.91 Å². The molecule has 7 nitrogen and oxygen atoms in total. The molecule has 0 radical (unpaired) electrons. The molecule has 3 rings (SSSR count). The maximum Gasteiger partial charge on any atom is 0.238 e. The van der Waals surface area contributed by atoms with Crippen molar-refractivity contribution in [3.8, 4) is 11.5 Å². The van der Waals surface area contributed by atoms with Gasteiger partial charge in [0, 0.05) is 51.1 Å². The number of hydrogen-bond acceptors (Lipinski definition) is 6. The first-order valence-electron chi connectivity index (χ1n) is 9.15. The van der Waals surface area contributed by atoms with E-state index < -0.39 is 0 Å². The number of benzene rings is 1. The van der Waals surface area contributed by atoms with Crippen LogP contribution in [0.5, 0.6) is 11.5 Å². The molecule has 0 bridgehead atoms. The van der Waals surface area contributed by atoms with Crippen molar-refractivity contribution in [3.63, 3.8) is 0 Å². The normalized spacial score (nSPS) is 15.2. The standard InChI is InChI=1S/C20H25ClN4O3/c1-27-18-12-17(19(28-2)11-16(18)21)23-20(26)14-25-9-7-24(8-10-25)13-15-5-3-4-6-22-15/h3-6,11-12H,7-10,13-14H2,1-2H3,(H,23,26). The first-order valence-corrected chi connectivity index (χ1v) is 9.53. The number of ether oxygens (including phenoxy) is 2. The fourth-order valence-electron chi connectivity index (χ4n) is 3.18. The van der Waals surface area contributed by atoms with Gasteiger partial charge in [-0.2, -0.15) is 0 Å². The number of nitrogens with zero attached hydrogens (tertiary/aromatic N) is 3. The summed E-state index contributed by atoms with van der Waals surface area (Å²) in [4.78, 5) is 21.4. The van der Waals surface area contributed by atoms with E-state index >= 15 is 0 Å². The van der Waals surface area contributed by atoms with Crippen LogP contribution in [0.1, 0.15) is 5.69 Å². The number of hydrogen-bond donors (Lipinski definition) is 1. The minimum atomic E-state index is -0.0964. The number of methoxy groups -OCH3 is 2. The Morgan fingerprint density at radius 3 is 2.46 bits per heavy atom. The number of carbonyl (C=O) groups excluding carboxylic acids is 1. The van der Waals surface area contributed by atoms with Gasteiger partial charge >= 0.3 is 0 Å². The molecule has 2 aromatic rings. The number of carbonyl (C=O) groups is 1. The molecule has 0 unspecified atom stereocenters. The van der Waals surface area contributed by atoms with Gasteiger partial charge in [-0.1, -0.05) is 17.7 Å². The molecule has 1 amide bonds. The molecule has 1 aromatic heterocycles. The van der Waals surface area contributed by atoms with Crippen molar-refractivity contribution in [3.05, 3.63) is 47.2 Å². The van der Waals surface area contributed by atoms with E-state index in [-0.39, 0.29) is 5.91 Å². The Morgan fingerprint density at radius 1 is 1.11 bits per heavy atom. The Kier molecular flexibility index (Phi) is 7.08. The first kappa shape index (κ1) is 20.4. The van der Waals surface area contributed by atoms with Crippen LogP contribution in [-0.2, 0) is 11.3 Å². The van der Waals surface area contributed by atoms with E-state index in [2.05, 4.69) is 20.1 Å². The SMILES string of the molecule is COc1cc(NC(=O)CN2CCN(Cc3ccccn3)CC2)c(OC)cc1Cl. The summed E-state index contributed by atoms with van der Waals surface area (Å²) in [7, 11) is 3.07. The van der Waals surface area contributed by atoms with Gasteiger partial charge in [0.05, 0.1) is 37.2 Å². The number of nitrogens with one attached hydrogen (secondary N) is 1. The van der Waals surface area contributed by atoms with Crippen LogP contribution in [0.2, 0.25) is 5.02 Å². The second kappa shape index (κ2) is 9.73. The predicted molar refractivity (Wildman–Crippen MR) is 109 cm³/mol. The average molecular weight is 405 g/mol. The smallest absolute Gasteiger partial charge is 0.238 e. The van der Waals surface area contributed by atoms with Crippen LogP contribution in [0.25, 0.3) is 0 Å². The predicted octanol–water partition coefficient (Wildman–Crippen LogP) is 2.51. The van der Waals surface area contributed by atoms with Crippen LogP contribution in [0.4, 0.5) is 5.69 Å². The summed E-state index contributed by atoms with van der Waals surface area (Å²) in [6.45, 7) is 4.64. The lowest BCUT2D eigenvalue weighted by Gasteiger charge is -2.34. The van der Waals surface area contributed by atoms with E-state index in [0.29, 0.717) is 28.8 Å². The van der Waals surface area contributed by atoms with Crippen LogP contribution in [0, 0.1) is 0 Å². The van der Waals surface area contributed by atoms with Gasteiger partial charge in [-0.3, -0.25) is 19.6 Å². The topological polar surface area (TPSA) is 66.9 Å². The zero-order valence-corrected chi connectivity index (χ0v) is 16.9. The number of piperazine rings is 1. The number of rotatable bonds is 7. The Hall–Kier alpha value is -2.35.